The van der Waals surface area contributed by atoms with Crippen molar-refractivity contribution in [2.24, 2.45) is 0 Å². The van der Waals surface area contributed by atoms with Gasteiger partial charge in [-0.1, -0.05) is 30.7 Å². The van der Waals surface area contributed by atoms with Crippen molar-refractivity contribution in [3.8, 4) is 23.0 Å². The lowest BCUT2D eigenvalue weighted by Gasteiger charge is -2.24. The molecule has 1 aromatic heterocycles. The van der Waals surface area contributed by atoms with Crippen molar-refractivity contribution in [3.05, 3.63) is 77.4 Å². The standard InChI is InChI=1S/C34H36N2O7S/c1-5-9-18-43-26-17-12-22(19-27(26)42-8-4)30-29(31(37)21-10-13-23(14-11-21)40-6-2)32(38)33(39)36(30)34-35-25-16-15-24(41-7-3)20-28(25)44-34/h10-17,19-20,30,37H,5-9,18H2,1-4H3/b31-29+. The first-order valence-electron chi connectivity index (χ1n) is 14.9. The zero-order valence-corrected chi connectivity index (χ0v) is 26.1. The summed E-state index contributed by atoms with van der Waals surface area (Å²) >= 11 is 1.27. The second kappa shape index (κ2) is 13.8. The molecule has 1 fully saturated rings. The molecule has 3 aromatic carbocycles. The largest absolute Gasteiger partial charge is 0.507 e. The van der Waals surface area contributed by atoms with Gasteiger partial charge < -0.3 is 24.1 Å². The van der Waals surface area contributed by atoms with E-state index >= 15 is 0 Å². The Kier molecular flexibility index (Phi) is 9.69. The van der Waals surface area contributed by atoms with Crippen LogP contribution in [0.2, 0.25) is 0 Å². The maximum absolute atomic E-state index is 13.8. The number of carbonyl (C=O) groups excluding carboxylic acids is 2. The number of aliphatic hydroxyl groups excluding tert-OH is 1. The van der Waals surface area contributed by atoms with E-state index in [4.69, 9.17) is 23.9 Å². The average molecular weight is 617 g/mol. The van der Waals surface area contributed by atoms with Gasteiger partial charge in [0.25, 0.3) is 5.78 Å². The van der Waals surface area contributed by atoms with E-state index in [1.54, 1.807) is 42.5 Å². The molecule has 230 valence electrons. The lowest BCUT2D eigenvalue weighted by molar-refractivity contribution is -0.132. The minimum absolute atomic E-state index is 0.0458. The van der Waals surface area contributed by atoms with Crippen LogP contribution in [0.3, 0.4) is 0 Å². The number of Topliss-reactive ketones (excluding diaryl/α,β-unsaturated/α-hetero) is 1. The molecule has 0 bridgehead atoms. The number of unbranched alkanes of at least 4 members (excludes halogenated alkanes) is 1. The number of anilines is 1. The van der Waals surface area contributed by atoms with Gasteiger partial charge in [-0.15, -0.1) is 0 Å². The minimum Gasteiger partial charge on any atom is -0.507 e. The Morgan fingerprint density at radius 3 is 2.25 bits per heavy atom. The van der Waals surface area contributed by atoms with Crippen LogP contribution in [0, 0.1) is 0 Å². The van der Waals surface area contributed by atoms with Gasteiger partial charge in [-0.3, -0.25) is 14.5 Å². The third kappa shape index (κ3) is 6.21. The summed E-state index contributed by atoms with van der Waals surface area (Å²) < 4.78 is 23.9. The molecule has 1 saturated heterocycles. The maximum atomic E-state index is 13.8. The van der Waals surface area contributed by atoms with Gasteiger partial charge in [0.05, 0.1) is 48.3 Å². The van der Waals surface area contributed by atoms with Crippen molar-refractivity contribution < 1.29 is 33.6 Å². The number of fused-ring (bicyclic) bond motifs is 1. The third-order valence-corrected chi connectivity index (χ3v) is 8.11. The van der Waals surface area contributed by atoms with Gasteiger partial charge in [-0.05, 0) is 87.4 Å². The van der Waals surface area contributed by atoms with Crippen LogP contribution in [0.1, 0.15) is 57.7 Å². The Labute approximate surface area is 260 Å². The lowest BCUT2D eigenvalue weighted by atomic mass is 9.95. The van der Waals surface area contributed by atoms with E-state index < -0.39 is 17.7 Å². The molecular formula is C34H36N2O7S. The van der Waals surface area contributed by atoms with Crippen LogP contribution in [0.15, 0.2) is 66.2 Å². The van der Waals surface area contributed by atoms with E-state index in [1.165, 1.54) is 16.2 Å². The summed E-state index contributed by atoms with van der Waals surface area (Å²) in [6.07, 6.45) is 1.87. The number of aromatic nitrogens is 1. The van der Waals surface area contributed by atoms with Crippen molar-refractivity contribution in [1.82, 2.24) is 4.98 Å². The summed E-state index contributed by atoms with van der Waals surface area (Å²) in [4.78, 5) is 33.6. The van der Waals surface area contributed by atoms with E-state index in [0.717, 1.165) is 17.5 Å². The highest BCUT2D eigenvalue weighted by Crippen LogP contribution is 2.46. The molecule has 1 unspecified atom stereocenters. The molecule has 0 radical (unpaired) electrons. The van der Waals surface area contributed by atoms with Gasteiger partial charge in [0.15, 0.2) is 16.6 Å². The summed E-state index contributed by atoms with van der Waals surface area (Å²) in [7, 11) is 0. The number of aliphatic hydroxyl groups is 1. The summed E-state index contributed by atoms with van der Waals surface area (Å²) in [5.41, 5.74) is 1.56. The van der Waals surface area contributed by atoms with Gasteiger partial charge in [0.2, 0.25) is 0 Å². The molecule has 1 N–H and O–H groups in total. The molecular weight excluding hydrogens is 580 g/mol. The van der Waals surface area contributed by atoms with E-state index in [-0.39, 0.29) is 11.3 Å². The van der Waals surface area contributed by atoms with Crippen LogP contribution < -0.4 is 23.8 Å². The molecule has 10 heteroatoms. The Balaban J connectivity index is 1.66. The van der Waals surface area contributed by atoms with E-state index in [0.29, 0.717) is 71.2 Å². The quantitative estimate of drug-likeness (QED) is 0.0722. The molecule has 4 aromatic rings. The molecule has 5 rings (SSSR count). The van der Waals surface area contributed by atoms with Gasteiger partial charge in [0, 0.05) is 5.56 Å². The highest BCUT2D eigenvalue weighted by molar-refractivity contribution is 7.22. The fraction of sp³-hybridized carbons (Fsp3) is 0.324. The van der Waals surface area contributed by atoms with Crippen molar-refractivity contribution in [2.45, 2.75) is 46.6 Å². The molecule has 0 saturated carbocycles. The van der Waals surface area contributed by atoms with Crippen LogP contribution in [-0.4, -0.2) is 48.2 Å². The Morgan fingerprint density at radius 2 is 1.55 bits per heavy atom. The van der Waals surface area contributed by atoms with Gasteiger partial charge in [0.1, 0.15) is 17.3 Å². The smallest absolute Gasteiger partial charge is 0.301 e. The maximum Gasteiger partial charge on any atom is 0.301 e. The highest BCUT2D eigenvalue weighted by Gasteiger charge is 2.48. The van der Waals surface area contributed by atoms with E-state index in [2.05, 4.69) is 6.92 Å². The SMILES string of the molecule is CCCCOc1ccc(C2/C(=C(\O)c3ccc(OCC)cc3)C(=O)C(=O)N2c2nc3ccc(OCC)cc3s2)cc1OCC. The predicted octanol–water partition coefficient (Wildman–Crippen LogP) is 7.30. The number of rotatable bonds is 13. The van der Waals surface area contributed by atoms with Crippen LogP contribution in [0.25, 0.3) is 16.0 Å². The van der Waals surface area contributed by atoms with Gasteiger partial charge in [-0.2, -0.15) is 0 Å². The molecule has 0 spiro atoms. The molecule has 44 heavy (non-hydrogen) atoms. The molecule has 0 aliphatic carbocycles. The third-order valence-electron chi connectivity index (χ3n) is 7.09. The number of ketones is 1. The molecule has 2 heterocycles. The van der Waals surface area contributed by atoms with Crippen LogP contribution >= 0.6 is 11.3 Å². The fourth-order valence-corrected chi connectivity index (χ4v) is 6.06. The number of amides is 1. The van der Waals surface area contributed by atoms with Crippen LogP contribution in [-0.2, 0) is 9.59 Å². The summed E-state index contributed by atoms with van der Waals surface area (Å²) in [5.74, 6) is 0.477. The fourth-order valence-electron chi connectivity index (χ4n) is 5.04. The summed E-state index contributed by atoms with van der Waals surface area (Å²) in [6, 6.07) is 16.6. The number of ether oxygens (including phenoxy) is 4. The van der Waals surface area contributed by atoms with E-state index in [1.807, 2.05) is 39.0 Å². The number of thiazole rings is 1. The Morgan fingerprint density at radius 1 is 0.841 bits per heavy atom. The summed E-state index contributed by atoms with van der Waals surface area (Å²) in [5, 5.41) is 11.9. The first-order valence-corrected chi connectivity index (χ1v) is 15.7. The molecule has 1 aliphatic heterocycles. The average Bonchev–Trinajstić information content (AvgIpc) is 3.56. The van der Waals surface area contributed by atoms with Crippen molar-refractivity contribution >= 4 is 44.1 Å². The van der Waals surface area contributed by atoms with Crippen molar-refractivity contribution in [2.75, 3.05) is 31.3 Å². The Hall–Kier alpha value is -4.57. The van der Waals surface area contributed by atoms with Gasteiger partial charge in [-0.25, -0.2) is 4.98 Å². The first kappa shape index (κ1) is 30.9. The number of hydrogen-bond acceptors (Lipinski definition) is 9. The lowest BCUT2D eigenvalue weighted by Crippen LogP contribution is -2.29. The second-order valence-electron chi connectivity index (χ2n) is 10.0. The predicted molar refractivity (Wildman–Crippen MR) is 171 cm³/mol. The number of carbonyl (C=O) groups is 2. The second-order valence-corrected chi connectivity index (χ2v) is 11.0. The molecule has 1 atom stereocenters. The zero-order chi connectivity index (χ0) is 31.2. The van der Waals surface area contributed by atoms with E-state index in [9.17, 15) is 14.7 Å². The minimum atomic E-state index is -0.975. The normalized spacial score (nSPS) is 16.0. The van der Waals surface area contributed by atoms with Crippen LogP contribution in [0.4, 0.5) is 5.13 Å². The molecule has 1 aliphatic rings. The van der Waals surface area contributed by atoms with Gasteiger partial charge >= 0.3 is 5.91 Å². The number of hydrogen-bond donors (Lipinski definition) is 1. The summed E-state index contributed by atoms with van der Waals surface area (Å²) in [6.45, 7) is 9.67. The zero-order valence-electron chi connectivity index (χ0n) is 25.3. The van der Waals surface area contributed by atoms with Crippen molar-refractivity contribution in [1.29, 1.82) is 0 Å². The number of benzene rings is 3. The number of nitrogens with zero attached hydrogens (tertiary/aromatic N) is 2. The van der Waals surface area contributed by atoms with Crippen LogP contribution in [0.5, 0.6) is 23.0 Å². The highest BCUT2D eigenvalue weighted by atomic mass is 32.1. The Bertz CT molecular complexity index is 1680. The molecule has 9 nitrogen and oxygen atoms in total. The molecule has 1 amide bonds. The monoisotopic (exact) mass is 616 g/mol. The van der Waals surface area contributed by atoms with Crippen molar-refractivity contribution in [3.63, 3.8) is 0 Å². The first-order chi connectivity index (χ1) is 21.4. The topological polar surface area (TPSA) is 107 Å².